The number of rotatable bonds is 7. The largest absolute Gasteiger partial charge is 0.472 e. The Bertz CT molecular complexity index is 977. The molecular weight excluding hydrogens is 411 g/mol. The molecule has 164 valence electrons. The minimum atomic E-state index is -4.07. The number of nitrogen functional groups attached to an aromatic ring is 1. The molecule has 2 aliphatic heterocycles. The predicted octanol–water partition coefficient (Wildman–Crippen LogP) is 2.23. The normalized spacial score (nSPS) is 29.0. The molecule has 5 rings (SSSR count). The van der Waals surface area contributed by atoms with Crippen LogP contribution in [0, 0.1) is 5.92 Å². The standard InChI is InChI=1S/C18H27N6O5P/c1-11-8-13(9-27-30(25,26)29-12-4-2-5-12)28-17(11)24-10-20-14-15(23-6-3-7-23)21-18(19)22-16(14)24/h10-13,17H,2-9H2,1H3,(H,25,26)(H2,19,21,22)/t11?,13-,17+/m0/s1. The van der Waals surface area contributed by atoms with Crippen LogP contribution in [0.4, 0.5) is 11.8 Å². The molecule has 2 aromatic rings. The van der Waals surface area contributed by atoms with Gasteiger partial charge in [0.05, 0.1) is 25.1 Å². The first-order valence-electron chi connectivity index (χ1n) is 10.5. The number of hydrogen-bond acceptors (Lipinski definition) is 9. The van der Waals surface area contributed by atoms with Crippen molar-refractivity contribution in [3.05, 3.63) is 6.33 Å². The van der Waals surface area contributed by atoms with Gasteiger partial charge in [-0.15, -0.1) is 0 Å². The molecule has 12 heteroatoms. The highest BCUT2D eigenvalue weighted by molar-refractivity contribution is 7.47. The zero-order valence-electron chi connectivity index (χ0n) is 16.9. The van der Waals surface area contributed by atoms with Crippen molar-refractivity contribution in [3.63, 3.8) is 0 Å². The molecule has 11 nitrogen and oxygen atoms in total. The number of ether oxygens (including phenoxy) is 1. The maximum atomic E-state index is 12.1. The van der Waals surface area contributed by atoms with E-state index >= 15 is 0 Å². The van der Waals surface area contributed by atoms with Crippen molar-refractivity contribution in [3.8, 4) is 0 Å². The molecule has 3 aliphatic rings. The van der Waals surface area contributed by atoms with Crippen LogP contribution in [-0.4, -0.2) is 56.3 Å². The number of fused-ring (bicyclic) bond motifs is 1. The third-order valence-corrected chi connectivity index (χ3v) is 7.10. The highest BCUT2D eigenvalue weighted by atomic mass is 31.2. The van der Waals surface area contributed by atoms with Gasteiger partial charge in [0, 0.05) is 19.0 Å². The number of imidazole rings is 1. The first kappa shape index (κ1) is 20.1. The van der Waals surface area contributed by atoms with Gasteiger partial charge < -0.3 is 20.3 Å². The van der Waals surface area contributed by atoms with E-state index in [1.807, 2.05) is 4.57 Å². The summed E-state index contributed by atoms with van der Waals surface area (Å²) in [7, 11) is -4.07. The summed E-state index contributed by atoms with van der Waals surface area (Å²) in [6.45, 7) is 3.90. The second-order valence-corrected chi connectivity index (χ2v) is 9.76. The average molecular weight is 438 g/mol. The van der Waals surface area contributed by atoms with E-state index in [1.54, 1.807) is 6.33 Å². The van der Waals surface area contributed by atoms with Crippen molar-refractivity contribution in [2.75, 3.05) is 30.3 Å². The van der Waals surface area contributed by atoms with Gasteiger partial charge in [-0.25, -0.2) is 9.55 Å². The van der Waals surface area contributed by atoms with Crippen molar-refractivity contribution >= 4 is 30.8 Å². The fourth-order valence-corrected chi connectivity index (χ4v) is 5.09. The maximum absolute atomic E-state index is 12.1. The predicted molar refractivity (Wildman–Crippen MR) is 109 cm³/mol. The smallest absolute Gasteiger partial charge is 0.368 e. The number of phosphoric ester groups is 1. The molecule has 4 atom stereocenters. The number of nitrogens with two attached hydrogens (primary N) is 1. The van der Waals surface area contributed by atoms with Gasteiger partial charge in [0.2, 0.25) is 5.95 Å². The first-order chi connectivity index (χ1) is 14.4. The summed E-state index contributed by atoms with van der Waals surface area (Å²) >= 11 is 0. The number of hydrogen-bond donors (Lipinski definition) is 2. The lowest BCUT2D eigenvalue weighted by Crippen LogP contribution is -2.38. The Kier molecular flexibility index (Phi) is 5.19. The quantitative estimate of drug-likeness (QED) is 0.619. The van der Waals surface area contributed by atoms with Gasteiger partial charge in [0.15, 0.2) is 17.0 Å². The van der Waals surface area contributed by atoms with E-state index in [1.165, 1.54) is 0 Å². The summed E-state index contributed by atoms with van der Waals surface area (Å²) < 4.78 is 30.5. The van der Waals surface area contributed by atoms with Gasteiger partial charge in [-0.3, -0.25) is 13.6 Å². The zero-order chi connectivity index (χ0) is 20.9. The van der Waals surface area contributed by atoms with Crippen LogP contribution in [0.25, 0.3) is 11.2 Å². The highest BCUT2D eigenvalue weighted by Gasteiger charge is 2.38. The van der Waals surface area contributed by atoms with Crippen LogP contribution in [0.5, 0.6) is 0 Å². The van der Waals surface area contributed by atoms with E-state index in [0.29, 0.717) is 17.6 Å². The van der Waals surface area contributed by atoms with Crippen molar-refractivity contribution in [2.24, 2.45) is 5.92 Å². The lowest BCUT2D eigenvalue weighted by molar-refractivity contribution is -0.0341. The van der Waals surface area contributed by atoms with Crippen molar-refractivity contribution in [2.45, 2.75) is 57.5 Å². The Morgan fingerprint density at radius 3 is 2.80 bits per heavy atom. The summed E-state index contributed by atoms with van der Waals surface area (Å²) in [5, 5.41) is 0. The summed E-state index contributed by atoms with van der Waals surface area (Å²) in [5.74, 6) is 1.08. The molecule has 0 bridgehead atoms. The first-order valence-corrected chi connectivity index (χ1v) is 12.0. The molecular formula is C18H27N6O5P. The van der Waals surface area contributed by atoms with Crippen LogP contribution in [0.15, 0.2) is 6.33 Å². The molecule has 2 saturated heterocycles. The van der Waals surface area contributed by atoms with Crippen LogP contribution < -0.4 is 10.6 Å². The van der Waals surface area contributed by atoms with Gasteiger partial charge in [-0.1, -0.05) is 6.92 Å². The fraction of sp³-hybridized carbons (Fsp3) is 0.722. The number of anilines is 2. The van der Waals surface area contributed by atoms with E-state index < -0.39 is 7.82 Å². The Labute approximate surface area is 174 Å². The Hall–Kier alpha value is -1.78. The molecule has 2 unspecified atom stereocenters. The van der Waals surface area contributed by atoms with Crippen LogP contribution in [0.1, 0.15) is 45.3 Å². The molecule has 1 aliphatic carbocycles. The molecule has 0 aromatic carbocycles. The molecule has 4 heterocycles. The van der Waals surface area contributed by atoms with Crippen molar-refractivity contribution in [1.29, 1.82) is 0 Å². The summed E-state index contributed by atoms with van der Waals surface area (Å²) in [4.78, 5) is 25.3. The molecule has 0 spiro atoms. The molecule has 0 radical (unpaired) electrons. The molecule has 0 amide bonds. The lowest BCUT2D eigenvalue weighted by Gasteiger charge is -2.32. The summed E-state index contributed by atoms with van der Waals surface area (Å²) in [5.41, 5.74) is 7.29. The number of phosphoric acid groups is 1. The molecule has 1 saturated carbocycles. The van der Waals surface area contributed by atoms with E-state index in [9.17, 15) is 9.46 Å². The van der Waals surface area contributed by atoms with Gasteiger partial charge in [0.25, 0.3) is 0 Å². The topological polar surface area (TPSA) is 138 Å². The second kappa shape index (κ2) is 7.72. The number of nitrogens with zero attached hydrogens (tertiary/aromatic N) is 5. The van der Waals surface area contributed by atoms with Crippen molar-refractivity contribution < 1.29 is 23.2 Å². The summed E-state index contributed by atoms with van der Waals surface area (Å²) in [6.07, 6.45) is 5.26. The van der Waals surface area contributed by atoms with Crippen molar-refractivity contribution in [1.82, 2.24) is 19.5 Å². The zero-order valence-corrected chi connectivity index (χ0v) is 17.8. The molecule has 2 aromatic heterocycles. The van der Waals surface area contributed by atoms with Crippen LogP contribution in [0.2, 0.25) is 0 Å². The van der Waals surface area contributed by atoms with Crippen LogP contribution in [0.3, 0.4) is 0 Å². The lowest BCUT2D eigenvalue weighted by atomic mass is 9.97. The highest BCUT2D eigenvalue weighted by Crippen LogP contribution is 2.49. The van der Waals surface area contributed by atoms with Gasteiger partial charge in [-0.2, -0.15) is 9.97 Å². The maximum Gasteiger partial charge on any atom is 0.472 e. The van der Waals surface area contributed by atoms with Crippen LogP contribution >= 0.6 is 7.82 Å². The molecule has 3 N–H and O–H groups in total. The summed E-state index contributed by atoms with van der Waals surface area (Å²) in [6, 6.07) is 0. The minimum Gasteiger partial charge on any atom is -0.368 e. The SMILES string of the molecule is CC1C[C@@H](COP(=O)(O)OC2CCC2)O[C@H]1n1cnc2c(N3CCC3)nc(N)nc21. The van der Waals surface area contributed by atoms with Crippen LogP contribution in [-0.2, 0) is 18.3 Å². The van der Waals surface area contributed by atoms with E-state index in [0.717, 1.165) is 44.6 Å². The fourth-order valence-electron chi connectivity index (χ4n) is 4.09. The van der Waals surface area contributed by atoms with Gasteiger partial charge in [0.1, 0.15) is 6.23 Å². The average Bonchev–Trinajstić information content (AvgIpc) is 3.18. The Morgan fingerprint density at radius 2 is 2.13 bits per heavy atom. The minimum absolute atomic E-state index is 0.00980. The van der Waals surface area contributed by atoms with Gasteiger partial charge >= 0.3 is 7.82 Å². The molecule has 3 fully saturated rings. The Balaban J connectivity index is 1.29. The molecule has 30 heavy (non-hydrogen) atoms. The van der Waals surface area contributed by atoms with E-state index in [2.05, 4.69) is 26.8 Å². The number of aromatic nitrogens is 4. The van der Waals surface area contributed by atoms with Gasteiger partial charge in [-0.05, 0) is 32.1 Å². The van der Waals surface area contributed by atoms with E-state index in [4.69, 9.17) is 19.5 Å². The third kappa shape index (κ3) is 3.80. The third-order valence-electron chi connectivity index (χ3n) is 6.06. The van der Waals surface area contributed by atoms with E-state index in [-0.39, 0.29) is 36.9 Å². The second-order valence-electron chi connectivity index (χ2n) is 8.35. The monoisotopic (exact) mass is 438 g/mol. The Morgan fingerprint density at radius 1 is 1.33 bits per heavy atom.